The van der Waals surface area contributed by atoms with Crippen LogP contribution in [-0.2, 0) is 11.2 Å². The molecule has 24 heavy (non-hydrogen) atoms. The SMILES string of the molecule is CC(=O)N1CCN(C(=O)c2nc(C)sc2Cc2ccccc2)CC1. The van der Waals surface area contributed by atoms with E-state index < -0.39 is 0 Å². The number of carbonyl (C=O) groups is 2. The lowest BCUT2D eigenvalue weighted by molar-refractivity contribution is -0.130. The fourth-order valence-electron chi connectivity index (χ4n) is 2.91. The summed E-state index contributed by atoms with van der Waals surface area (Å²) in [5.41, 5.74) is 1.74. The zero-order valence-electron chi connectivity index (χ0n) is 14.0. The van der Waals surface area contributed by atoms with Gasteiger partial charge in [0, 0.05) is 44.4 Å². The summed E-state index contributed by atoms with van der Waals surface area (Å²) in [4.78, 5) is 33.4. The normalized spacial score (nSPS) is 14.8. The van der Waals surface area contributed by atoms with Crippen molar-refractivity contribution in [2.45, 2.75) is 20.3 Å². The molecule has 5 nitrogen and oxygen atoms in total. The van der Waals surface area contributed by atoms with Crippen LogP contribution in [0.1, 0.15) is 32.9 Å². The number of aromatic nitrogens is 1. The third-order valence-electron chi connectivity index (χ3n) is 4.23. The molecule has 3 rings (SSSR count). The predicted octanol–water partition coefficient (Wildman–Crippen LogP) is 2.35. The number of rotatable bonds is 3. The van der Waals surface area contributed by atoms with Crippen molar-refractivity contribution in [3.05, 3.63) is 51.5 Å². The summed E-state index contributed by atoms with van der Waals surface area (Å²) >= 11 is 1.58. The van der Waals surface area contributed by atoms with Crippen molar-refractivity contribution in [2.75, 3.05) is 26.2 Å². The number of carbonyl (C=O) groups excluding carboxylic acids is 2. The van der Waals surface area contributed by atoms with E-state index in [9.17, 15) is 9.59 Å². The van der Waals surface area contributed by atoms with E-state index in [0.717, 1.165) is 16.3 Å². The monoisotopic (exact) mass is 343 g/mol. The summed E-state index contributed by atoms with van der Waals surface area (Å²) in [5.74, 6) is 0.0462. The summed E-state index contributed by atoms with van der Waals surface area (Å²) in [7, 11) is 0. The van der Waals surface area contributed by atoms with E-state index in [1.807, 2.05) is 30.0 Å². The highest BCUT2D eigenvalue weighted by atomic mass is 32.1. The van der Waals surface area contributed by atoms with Crippen molar-refractivity contribution >= 4 is 23.2 Å². The first-order valence-electron chi connectivity index (χ1n) is 8.09. The van der Waals surface area contributed by atoms with Crippen LogP contribution in [0.3, 0.4) is 0 Å². The minimum atomic E-state index is -0.0199. The highest BCUT2D eigenvalue weighted by Gasteiger charge is 2.26. The molecule has 0 saturated carbocycles. The molecule has 1 aliphatic heterocycles. The topological polar surface area (TPSA) is 53.5 Å². The van der Waals surface area contributed by atoms with Gasteiger partial charge in [-0.3, -0.25) is 9.59 Å². The second-order valence-corrected chi connectivity index (χ2v) is 7.25. The van der Waals surface area contributed by atoms with Crippen molar-refractivity contribution in [3.63, 3.8) is 0 Å². The van der Waals surface area contributed by atoms with E-state index >= 15 is 0 Å². The van der Waals surface area contributed by atoms with Crippen LogP contribution in [0.25, 0.3) is 0 Å². The van der Waals surface area contributed by atoms with E-state index in [1.54, 1.807) is 23.2 Å². The molecule has 2 aromatic rings. The lowest BCUT2D eigenvalue weighted by Gasteiger charge is -2.34. The molecule has 2 amide bonds. The van der Waals surface area contributed by atoms with Crippen LogP contribution >= 0.6 is 11.3 Å². The van der Waals surface area contributed by atoms with Gasteiger partial charge in [-0.05, 0) is 12.5 Å². The predicted molar refractivity (Wildman–Crippen MR) is 94.3 cm³/mol. The van der Waals surface area contributed by atoms with Crippen LogP contribution in [0.2, 0.25) is 0 Å². The van der Waals surface area contributed by atoms with E-state index in [4.69, 9.17) is 0 Å². The van der Waals surface area contributed by atoms with Crippen molar-refractivity contribution in [1.82, 2.24) is 14.8 Å². The summed E-state index contributed by atoms with van der Waals surface area (Å²) in [5, 5.41) is 0.909. The zero-order valence-corrected chi connectivity index (χ0v) is 14.8. The molecule has 6 heteroatoms. The molecule has 1 aromatic heterocycles. The van der Waals surface area contributed by atoms with Gasteiger partial charge < -0.3 is 9.80 Å². The molecule has 0 radical (unpaired) electrons. The summed E-state index contributed by atoms with van der Waals surface area (Å²) < 4.78 is 0. The Balaban J connectivity index is 1.75. The second kappa shape index (κ2) is 7.13. The third-order valence-corrected chi connectivity index (χ3v) is 5.20. The molecule has 0 aliphatic carbocycles. The van der Waals surface area contributed by atoms with Gasteiger partial charge in [-0.2, -0.15) is 0 Å². The van der Waals surface area contributed by atoms with Gasteiger partial charge in [0.05, 0.1) is 5.01 Å². The first-order valence-corrected chi connectivity index (χ1v) is 8.91. The van der Waals surface area contributed by atoms with Crippen molar-refractivity contribution < 1.29 is 9.59 Å². The maximum absolute atomic E-state index is 12.9. The molecule has 1 aromatic carbocycles. The summed E-state index contributed by atoms with van der Waals surface area (Å²) in [6.07, 6.45) is 0.723. The number of aryl methyl sites for hydroxylation is 1. The van der Waals surface area contributed by atoms with Gasteiger partial charge in [0.15, 0.2) is 0 Å². The number of thiazole rings is 1. The number of benzene rings is 1. The quantitative estimate of drug-likeness (QED) is 0.860. The van der Waals surface area contributed by atoms with Gasteiger partial charge in [-0.25, -0.2) is 4.98 Å². The molecule has 0 unspecified atom stereocenters. The maximum atomic E-state index is 12.9. The lowest BCUT2D eigenvalue weighted by atomic mass is 10.1. The Morgan fingerprint density at radius 2 is 1.71 bits per heavy atom. The molecule has 1 saturated heterocycles. The smallest absolute Gasteiger partial charge is 0.273 e. The minimum Gasteiger partial charge on any atom is -0.339 e. The third kappa shape index (κ3) is 3.64. The van der Waals surface area contributed by atoms with Crippen molar-refractivity contribution in [3.8, 4) is 0 Å². The van der Waals surface area contributed by atoms with Crippen LogP contribution in [0.4, 0.5) is 0 Å². The molecule has 0 bridgehead atoms. The van der Waals surface area contributed by atoms with E-state index in [0.29, 0.717) is 31.9 Å². The van der Waals surface area contributed by atoms with Gasteiger partial charge in [0.2, 0.25) is 5.91 Å². The molecule has 2 heterocycles. The Kier molecular flexibility index (Phi) is 4.94. The molecule has 126 valence electrons. The Morgan fingerprint density at radius 3 is 2.33 bits per heavy atom. The van der Waals surface area contributed by atoms with Crippen LogP contribution in [-0.4, -0.2) is 52.8 Å². The van der Waals surface area contributed by atoms with Gasteiger partial charge in [0.25, 0.3) is 5.91 Å². The Bertz CT molecular complexity index is 734. The molecular formula is C18H21N3O2S. The Hall–Kier alpha value is -2.21. The average molecular weight is 343 g/mol. The van der Waals surface area contributed by atoms with Crippen molar-refractivity contribution in [2.24, 2.45) is 0 Å². The number of nitrogens with zero attached hydrogens (tertiary/aromatic N) is 3. The van der Waals surface area contributed by atoms with Crippen LogP contribution in [0.15, 0.2) is 30.3 Å². The lowest BCUT2D eigenvalue weighted by Crippen LogP contribution is -2.50. The van der Waals surface area contributed by atoms with E-state index in [-0.39, 0.29) is 11.8 Å². The van der Waals surface area contributed by atoms with Gasteiger partial charge in [-0.1, -0.05) is 30.3 Å². The Labute approximate surface area is 145 Å². The molecule has 0 atom stereocenters. The van der Waals surface area contributed by atoms with Gasteiger partial charge in [-0.15, -0.1) is 11.3 Å². The number of piperazine rings is 1. The maximum Gasteiger partial charge on any atom is 0.273 e. The number of amides is 2. The fourth-order valence-corrected chi connectivity index (χ4v) is 3.87. The van der Waals surface area contributed by atoms with Gasteiger partial charge >= 0.3 is 0 Å². The summed E-state index contributed by atoms with van der Waals surface area (Å²) in [6, 6.07) is 10.1. The second-order valence-electron chi connectivity index (χ2n) is 5.97. The van der Waals surface area contributed by atoms with E-state index in [1.165, 1.54) is 5.56 Å². The zero-order chi connectivity index (χ0) is 17.1. The van der Waals surface area contributed by atoms with Crippen LogP contribution < -0.4 is 0 Å². The minimum absolute atomic E-state index is 0.0199. The number of hydrogen-bond donors (Lipinski definition) is 0. The molecule has 0 spiro atoms. The first-order chi connectivity index (χ1) is 11.5. The first kappa shape index (κ1) is 16.6. The molecule has 1 fully saturated rings. The molecule has 0 N–H and O–H groups in total. The molecular weight excluding hydrogens is 322 g/mol. The highest BCUT2D eigenvalue weighted by molar-refractivity contribution is 7.11. The largest absolute Gasteiger partial charge is 0.339 e. The standard InChI is InChI=1S/C18H21N3O2S/c1-13-19-17(16(24-13)12-15-6-4-3-5-7-15)18(23)21-10-8-20(9-11-21)14(2)22/h3-7H,8-12H2,1-2H3. The number of hydrogen-bond acceptors (Lipinski definition) is 4. The van der Waals surface area contributed by atoms with Crippen molar-refractivity contribution in [1.29, 1.82) is 0 Å². The fraction of sp³-hybridized carbons (Fsp3) is 0.389. The van der Waals surface area contributed by atoms with Gasteiger partial charge in [0.1, 0.15) is 5.69 Å². The van der Waals surface area contributed by atoms with Crippen LogP contribution in [0, 0.1) is 6.92 Å². The van der Waals surface area contributed by atoms with Crippen LogP contribution in [0.5, 0.6) is 0 Å². The highest BCUT2D eigenvalue weighted by Crippen LogP contribution is 2.23. The summed E-state index contributed by atoms with van der Waals surface area (Å²) in [6.45, 7) is 5.83. The molecule has 1 aliphatic rings. The Morgan fingerprint density at radius 1 is 1.08 bits per heavy atom. The average Bonchev–Trinajstić information content (AvgIpc) is 2.95. The van der Waals surface area contributed by atoms with E-state index in [2.05, 4.69) is 17.1 Å².